The van der Waals surface area contributed by atoms with Gasteiger partial charge in [0, 0.05) is 13.0 Å². The molecule has 0 bridgehead atoms. The van der Waals surface area contributed by atoms with E-state index in [0.29, 0.717) is 18.4 Å². The van der Waals surface area contributed by atoms with Crippen LogP contribution in [0.25, 0.3) is 0 Å². The first kappa shape index (κ1) is 14.4. The number of amides is 1. The summed E-state index contributed by atoms with van der Waals surface area (Å²) in [5, 5.41) is 0. The van der Waals surface area contributed by atoms with Gasteiger partial charge in [-0.1, -0.05) is 12.1 Å². The van der Waals surface area contributed by atoms with E-state index in [1.165, 1.54) is 19.1 Å². The highest BCUT2D eigenvalue weighted by Crippen LogP contribution is 2.54. The quantitative estimate of drug-likeness (QED) is 0.810. The summed E-state index contributed by atoms with van der Waals surface area (Å²) in [4.78, 5) is 14.1. The number of alkyl halides is 2. The molecule has 21 heavy (non-hydrogen) atoms. The second-order valence-corrected chi connectivity index (χ2v) is 6.44. The largest absolute Gasteiger partial charge is 0.332 e. The van der Waals surface area contributed by atoms with Crippen LogP contribution in [0, 0.1) is 11.2 Å². The smallest absolute Gasteiger partial charge is 0.259 e. The number of carbonyl (C=O) groups is 1. The fourth-order valence-corrected chi connectivity index (χ4v) is 3.64. The van der Waals surface area contributed by atoms with Gasteiger partial charge in [0.25, 0.3) is 5.92 Å². The molecule has 0 radical (unpaired) electrons. The van der Waals surface area contributed by atoms with Crippen molar-refractivity contribution in [2.24, 2.45) is 5.41 Å². The molecule has 0 N–H and O–H groups in total. The summed E-state index contributed by atoms with van der Waals surface area (Å²) in [6, 6.07) is 5.62. The fourth-order valence-electron chi connectivity index (χ4n) is 3.64. The summed E-state index contributed by atoms with van der Waals surface area (Å²) >= 11 is 0. The van der Waals surface area contributed by atoms with Crippen LogP contribution in [-0.4, -0.2) is 22.8 Å². The molecule has 1 aromatic rings. The first-order valence-corrected chi connectivity index (χ1v) is 7.20. The number of carbonyl (C=O) groups excluding carboxylic acids is 1. The molecule has 1 aromatic carbocycles. The number of fused-ring (bicyclic) bond motifs is 1. The molecule has 0 spiro atoms. The number of halogens is 3. The van der Waals surface area contributed by atoms with Gasteiger partial charge in [0.15, 0.2) is 0 Å². The molecule has 3 atom stereocenters. The third kappa shape index (κ3) is 2.05. The lowest BCUT2D eigenvalue weighted by Gasteiger charge is -2.31. The monoisotopic (exact) mass is 297 g/mol. The normalized spacial score (nSPS) is 32.6. The highest BCUT2D eigenvalue weighted by atomic mass is 19.3. The topological polar surface area (TPSA) is 20.3 Å². The second-order valence-electron chi connectivity index (χ2n) is 6.44. The van der Waals surface area contributed by atoms with Crippen molar-refractivity contribution in [3.05, 3.63) is 35.6 Å². The highest BCUT2D eigenvalue weighted by Gasteiger charge is 2.62. The molecule has 2 saturated heterocycles. The molecule has 2 heterocycles. The van der Waals surface area contributed by atoms with Crippen LogP contribution in [0.15, 0.2) is 24.3 Å². The Kier molecular flexibility index (Phi) is 3.08. The van der Waals surface area contributed by atoms with E-state index in [9.17, 15) is 18.0 Å². The molecule has 2 aliphatic rings. The van der Waals surface area contributed by atoms with E-state index in [4.69, 9.17) is 0 Å². The van der Waals surface area contributed by atoms with Crippen LogP contribution < -0.4 is 0 Å². The maximum Gasteiger partial charge on any atom is 0.259 e. The first-order valence-electron chi connectivity index (χ1n) is 7.20. The van der Waals surface area contributed by atoms with E-state index in [0.717, 1.165) is 6.92 Å². The van der Waals surface area contributed by atoms with Crippen LogP contribution >= 0.6 is 0 Å². The highest BCUT2D eigenvalue weighted by molar-refractivity contribution is 5.87. The van der Waals surface area contributed by atoms with E-state index >= 15 is 0 Å². The Morgan fingerprint density at radius 3 is 2.67 bits per heavy atom. The van der Waals surface area contributed by atoms with Crippen molar-refractivity contribution in [2.75, 3.05) is 0 Å². The van der Waals surface area contributed by atoms with E-state index in [-0.39, 0.29) is 24.3 Å². The maximum absolute atomic E-state index is 13.9. The molecule has 2 aliphatic heterocycles. The number of nitrogens with zero attached hydrogens (tertiary/aromatic N) is 1. The Bertz CT molecular complexity index is 583. The first-order chi connectivity index (χ1) is 9.74. The summed E-state index contributed by atoms with van der Waals surface area (Å²) in [5.74, 6) is -3.93. The minimum absolute atomic E-state index is 0.165. The Morgan fingerprint density at radius 2 is 2.05 bits per heavy atom. The predicted octanol–water partition coefficient (Wildman–Crippen LogP) is 3.92. The minimum atomic E-state index is -3.05. The van der Waals surface area contributed by atoms with Crippen molar-refractivity contribution in [2.45, 2.75) is 51.1 Å². The SMILES string of the molecule is CC(F)(F)[C@]1(C)C[C@@H]2CC[C@H](c3cccc(F)c3)N2C1=O. The predicted molar refractivity (Wildman–Crippen MR) is 72.4 cm³/mol. The van der Waals surface area contributed by atoms with Crippen molar-refractivity contribution in [1.82, 2.24) is 4.90 Å². The maximum atomic E-state index is 13.9. The third-order valence-electron chi connectivity index (χ3n) is 5.06. The number of benzene rings is 1. The molecule has 3 rings (SSSR count). The summed E-state index contributed by atoms with van der Waals surface area (Å²) in [6.07, 6.45) is 1.56. The molecule has 5 heteroatoms. The Labute approximate surface area is 121 Å². The van der Waals surface area contributed by atoms with E-state index in [1.807, 2.05) is 0 Å². The Morgan fingerprint density at radius 1 is 1.33 bits per heavy atom. The lowest BCUT2D eigenvalue weighted by molar-refractivity contribution is -0.156. The summed E-state index contributed by atoms with van der Waals surface area (Å²) < 4.78 is 41.1. The van der Waals surface area contributed by atoms with Gasteiger partial charge in [0.1, 0.15) is 11.2 Å². The summed E-state index contributed by atoms with van der Waals surface area (Å²) in [6.45, 7) is 2.15. The van der Waals surface area contributed by atoms with Crippen LogP contribution in [0.2, 0.25) is 0 Å². The standard InChI is InChI=1S/C16H18F3NO/c1-15(16(2,18)19)9-12-6-7-13(20(12)14(15)21)10-4-3-5-11(17)8-10/h3-5,8,12-13H,6-7,9H2,1-2H3/t12-,13+,15+/m0/s1. The molecule has 0 saturated carbocycles. The van der Waals surface area contributed by atoms with Gasteiger partial charge in [-0.25, -0.2) is 13.2 Å². The number of rotatable bonds is 2. The molecule has 0 aliphatic carbocycles. The molecule has 2 fully saturated rings. The zero-order chi connectivity index (χ0) is 15.4. The van der Waals surface area contributed by atoms with Crippen LogP contribution in [0.4, 0.5) is 13.2 Å². The lowest BCUT2D eigenvalue weighted by atomic mass is 9.80. The van der Waals surface area contributed by atoms with Gasteiger partial charge in [0.05, 0.1) is 6.04 Å². The molecule has 0 unspecified atom stereocenters. The number of hydrogen-bond donors (Lipinski definition) is 0. The van der Waals surface area contributed by atoms with Crippen molar-refractivity contribution < 1.29 is 18.0 Å². The van der Waals surface area contributed by atoms with E-state index in [2.05, 4.69) is 0 Å². The second kappa shape index (κ2) is 4.49. The molecule has 1 amide bonds. The zero-order valence-electron chi connectivity index (χ0n) is 12.1. The molecule has 0 aromatic heterocycles. The van der Waals surface area contributed by atoms with Gasteiger partial charge < -0.3 is 4.90 Å². The Balaban J connectivity index is 1.95. The molecule has 114 valence electrons. The van der Waals surface area contributed by atoms with E-state index < -0.39 is 17.2 Å². The van der Waals surface area contributed by atoms with Gasteiger partial charge in [-0.05, 0) is 43.9 Å². The van der Waals surface area contributed by atoms with Crippen LogP contribution in [0.5, 0.6) is 0 Å². The van der Waals surface area contributed by atoms with Crippen molar-refractivity contribution >= 4 is 5.91 Å². The van der Waals surface area contributed by atoms with Gasteiger partial charge >= 0.3 is 0 Å². The lowest BCUT2D eigenvalue weighted by Crippen LogP contribution is -2.44. The molecular formula is C16H18F3NO. The van der Waals surface area contributed by atoms with Gasteiger partial charge in [-0.3, -0.25) is 4.79 Å². The third-order valence-corrected chi connectivity index (χ3v) is 5.06. The minimum Gasteiger partial charge on any atom is -0.332 e. The zero-order valence-corrected chi connectivity index (χ0v) is 12.1. The van der Waals surface area contributed by atoms with Gasteiger partial charge in [-0.15, -0.1) is 0 Å². The molecular weight excluding hydrogens is 279 g/mol. The van der Waals surface area contributed by atoms with Crippen molar-refractivity contribution in [1.29, 1.82) is 0 Å². The average molecular weight is 297 g/mol. The fraction of sp³-hybridized carbons (Fsp3) is 0.562. The number of hydrogen-bond acceptors (Lipinski definition) is 1. The van der Waals surface area contributed by atoms with Crippen LogP contribution in [-0.2, 0) is 4.79 Å². The summed E-state index contributed by atoms with van der Waals surface area (Å²) in [7, 11) is 0. The van der Waals surface area contributed by atoms with Crippen LogP contribution in [0.1, 0.15) is 44.7 Å². The van der Waals surface area contributed by atoms with Crippen molar-refractivity contribution in [3.8, 4) is 0 Å². The average Bonchev–Trinajstić information content (AvgIpc) is 2.89. The summed E-state index contributed by atoms with van der Waals surface area (Å²) in [5.41, 5.74) is -0.960. The van der Waals surface area contributed by atoms with E-state index in [1.54, 1.807) is 17.0 Å². The van der Waals surface area contributed by atoms with Gasteiger partial charge in [-0.2, -0.15) is 0 Å². The van der Waals surface area contributed by atoms with Crippen molar-refractivity contribution in [3.63, 3.8) is 0 Å². The van der Waals surface area contributed by atoms with Crippen LogP contribution in [0.3, 0.4) is 0 Å². The molecule has 2 nitrogen and oxygen atoms in total. The van der Waals surface area contributed by atoms with Gasteiger partial charge in [0.2, 0.25) is 5.91 Å². The Hall–Kier alpha value is -1.52.